The molecule has 4 atom stereocenters. The molecule has 292 valence electrons. The smallest absolute Gasteiger partial charge is 0.326 e. The number of fused-ring (bicyclic) bond motifs is 8. The zero-order valence-electron chi connectivity index (χ0n) is 32.3. The van der Waals surface area contributed by atoms with Crippen LogP contribution in [0.3, 0.4) is 0 Å². The summed E-state index contributed by atoms with van der Waals surface area (Å²) in [6.45, 7) is 16.9. The van der Waals surface area contributed by atoms with Gasteiger partial charge >= 0.3 is 6.03 Å². The number of aromatic nitrogens is 4. The SMILES string of the molecule is C[C@H]1CNCCO1.Cc1cc(-c2ccc3c(n2)N(C(=O)N2CCO[C@@H](C)C2)[C@H]2CCN3C2)ccn1.Cc1cc(-c2ccc3c(n2)N[C@H]2CCN3C2)ccn1.Cl. The molecular weight excluding hydrogens is 716 g/mol. The summed E-state index contributed by atoms with van der Waals surface area (Å²) in [7, 11) is 0. The van der Waals surface area contributed by atoms with Crippen molar-refractivity contribution in [2.45, 2.75) is 64.8 Å². The van der Waals surface area contributed by atoms with E-state index in [1.54, 1.807) is 6.20 Å². The third kappa shape index (κ3) is 8.65. The lowest BCUT2D eigenvalue weighted by Crippen LogP contribution is -2.55. The molecule has 0 unspecified atom stereocenters. The second kappa shape index (κ2) is 17.1. The fourth-order valence-electron chi connectivity index (χ4n) is 8.13. The van der Waals surface area contributed by atoms with Crippen molar-refractivity contribution in [3.8, 4) is 22.5 Å². The van der Waals surface area contributed by atoms with Crippen molar-refractivity contribution in [3.63, 3.8) is 0 Å². The largest absolute Gasteiger partial charge is 0.376 e. The molecule has 55 heavy (non-hydrogen) atoms. The summed E-state index contributed by atoms with van der Waals surface area (Å²) in [5, 5.41) is 6.75. The standard InChI is InChI=1S/C21H25N5O2.C15H16N4.C5H11NO.ClH/c1-14-11-16(5-7-22-14)18-3-4-19-20(23-18)26(17-6-8-24(19)13-17)21(27)25-9-10-28-15(2)12-25;1-10-8-11(4-6-16-10)13-2-3-14-15(18-13)17-12-5-7-19(14)9-12;1-5-4-6-2-3-7-5;/h3-5,7,11,15,17H,6,8-10,12-13H2,1-2H3;2-4,6,8,12H,5,7,9H2,1H3,(H,17,18);5-6H,2-4H2,1H3;1H/t15-,17-;12-;5-;/m000./s1. The molecule has 2 amide bonds. The summed E-state index contributed by atoms with van der Waals surface area (Å²) in [6, 6.07) is 17.3. The number of ether oxygens (including phenoxy) is 2. The number of urea groups is 1. The lowest BCUT2D eigenvalue weighted by atomic mass is 10.1. The van der Waals surface area contributed by atoms with Gasteiger partial charge in [-0.3, -0.25) is 14.9 Å². The molecule has 0 saturated carbocycles. The molecule has 6 aliphatic heterocycles. The lowest BCUT2D eigenvalue weighted by Gasteiger charge is -2.40. The van der Waals surface area contributed by atoms with Gasteiger partial charge in [0.15, 0.2) is 11.6 Å². The van der Waals surface area contributed by atoms with Gasteiger partial charge in [-0.25, -0.2) is 14.8 Å². The number of carbonyl (C=O) groups excluding carboxylic acids is 1. The Morgan fingerprint density at radius 3 is 2.09 bits per heavy atom. The Morgan fingerprint density at radius 1 is 0.764 bits per heavy atom. The van der Waals surface area contributed by atoms with Crippen LogP contribution in [-0.2, 0) is 9.47 Å². The highest BCUT2D eigenvalue weighted by atomic mass is 35.5. The number of amides is 2. The van der Waals surface area contributed by atoms with Crippen LogP contribution in [0, 0.1) is 13.8 Å². The molecule has 4 saturated heterocycles. The number of morpholine rings is 2. The van der Waals surface area contributed by atoms with E-state index in [4.69, 9.17) is 19.4 Å². The Balaban J connectivity index is 0.000000148. The summed E-state index contributed by atoms with van der Waals surface area (Å²) in [5.74, 6) is 1.81. The van der Waals surface area contributed by atoms with Gasteiger partial charge in [0.2, 0.25) is 0 Å². The second-order valence-electron chi connectivity index (χ2n) is 15.1. The van der Waals surface area contributed by atoms with Crippen LogP contribution in [0.1, 0.15) is 38.1 Å². The fraction of sp³-hybridized carbons (Fsp3) is 0.488. The molecule has 6 aliphatic rings. The molecule has 0 aromatic carbocycles. The second-order valence-corrected chi connectivity index (χ2v) is 15.1. The van der Waals surface area contributed by atoms with Gasteiger partial charge in [-0.2, -0.15) is 0 Å². The predicted molar refractivity (Wildman–Crippen MR) is 220 cm³/mol. The van der Waals surface area contributed by atoms with E-state index in [-0.39, 0.29) is 30.6 Å². The van der Waals surface area contributed by atoms with Crippen molar-refractivity contribution in [2.75, 3.05) is 85.6 Å². The number of hydrogen-bond acceptors (Lipinski definition) is 11. The van der Waals surface area contributed by atoms with Crippen molar-refractivity contribution in [2.24, 2.45) is 0 Å². The average Bonchev–Trinajstić information content (AvgIpc) is 3.79. The summed E-state index contributed by atoms with van der Waals surface area (Å²) in [6.07, 6.45) is 6.32. The van der Waals surface area contributed by atoms with Crippen LogP contribution in [0.4, 0.5) is 27.8 Å². The van der Waals surface area contributed by atoms with Crippen LogP contribution < -0.4 is 25.3 Å². The van der Waals surface area contributed by atoms with E-state index in [0.29, 0.717) is 31.8 Å². The van der Waals surface area contributed by atoms with E-state index in [2.05, 4.69) is 61.6 Å². The van der Waals surface area contributed by atoms with Gasteiger partial charge in [0.05, 0.1) is 54.2 Å². The third-order valence-corrected chi connectivity index (χ3v) is 10.9. The number of carbonyl (C=O) groups is 1. The number of nitrogens with zero attached hydrogens (tertiary/aromatic N) is 8. The zero-order chi connectivity index (χ0) is 37.2. The summed E-state index contributed by atoms with van der Waals surface area (Å²) >= 11 is 0. The fourth-order valence-corrected chi connectivity index (χ4v) is 8.13. The number of nitrogens with one attached hydrogen (secondary N) is 2. The van der Waals surface area contributed by atoms with Crippen LogP contribution in [0.25, 0.3) is 22.5 Å². The van der Waals surface area contributed by atoms with Crippen molar-refractivity contribution in [3.05, 3.63) is 72.3 Å². The minimum Gasteiger partial charge on any atom is -0.376 e. The van der Waals surface area contributed by atoms with Gasteiger partial charge in [-0.1, -0.05) is 0 Å². The highest BCUT2D eigenvalue weighted by Crippen LogP contribution is 2.41. The van der Waals surface area contributed by atoms with Gasteiger partial charge in [0.25, 0.3) is 0 Å². The Kier molecular flexibility index (Phi) is 12.0. The molecule has 0 aliphatic carbocycles. The Hall–Kier alpha value is -4.56. The van der Waals surface area contributed by atoms with Crippen molar-refractivity contribution < 1.29 is 14.3 Å². The van der Waals surface area contributed by atoms with Crippen LogP contribution in [0.2, 0.25) is 0 Å². The van der Waals surface area contributed by atoms with E-state index >= 15 is 0 Å². The molecule has 4 fully saturated rings. The van der Waals surface area contributed by atoms with Crippen LogP contribution in [0.5, 0.6) is 0 Å². The first-order chi connectivity index (χ1) is 26.3. The predicted octanol–water partition coefficient (Wildman–Crippen LogP) is 5.56. The van der Waals surface area contributed by atoms with E-state index in [1.165, 1.54) is 12.1 Å². The molecule has 4 aromatic heterocycles. The molecular formula is C41H53ClN10O3. The monoisotopic (exact) mass is 768 g/mol. The minimum atomic E-state index is 0. The summed E-state index contributed by atoms with van der Waals surface area (Å²) in [5.41, 5.74) is 8.31. The first kappa shape index (κ1) is 38.7. The van der Waals surface area contributed by atoms with E-state index in [9.17, 15) is 4.79 Å². The maximum absolute atomic E-state index is 13.5. The molecule has 0 radical (unpaired) electrons. The van der Waals surface area contributed by atoms with Gasteiger partial charge in [0, 0.05) is 93.3 Å². The first-order valence-electron chi connectivity index (χ1n) is 19.5. The molecule has 4 bridgehead atoms. The van der Waals surface area contributed by atoms with Gasteiger partial charge in [-0.15, -0.1) is 12.4 Å². The summed E-state index contributed by atoms with van der Waals surface area (Å²) < 4.78 is 10.8. The van der Waals surface area contributed by atoms with E-state index < -0.39 is 0 Å². The molecule has 10 heterocycles. The van der Waals surface area contributed by atoms with Crippen molar-refractivity contribution >= 4 is 41.4 Å². The molecule has 13 nitrogen and oxygen atoms in total. The molecule has 4 aromatic rings. The number of anilines is 4. The average molecular weight is 769 g/mol. The molecule has 14 heteroatoms. The Labute approximate surface area is 330 Å². The molecule has 10 rings (SSSR count). The number of rotatable bonds is 2. The third-order valence-electron chi connectivity index (χ3n) is 10.9. The normalized spacial score (nSPS) is 23.2. The van der Waals surface area contributed by atoms with Gasteiger partial charge in [0.1, 0.15) is 0 Å². The van der Waals surface area contributed by atoms with Gasteiger partial charge < -0.3 is 34.8 Å². The zero-order valence-corrected chi connectivity index (χ0v) is 33.1. The van der Waals surface area contributed by atoms with Gasteiger partial charge in [-0.05, 0) is 89.1 Å². The number of aryl methyl sites for hydroxylation is 2. The maximum Gasteiger partial charge on any atom is 0.326 e. The highest BCUT2D eigenvalue weighted by Gasteiger charge is 2.42. The van der Waals surface area contributed by atoms with Crippen LogP contribution in [-0.4, -0.2) is 121 Å². The quantitative estimate of drug-likeness (QED) is 0.266. The van der Waals surface area contributed by atoms with E-state index in [0.717, 1.165) is 104 Å². The lowest BCUT2D eigenvalue weighted by molar-refractivity contribution is -0.00265. The van der Waals surface area contributed by atoms with Crippen molar-refractivity contribution in [1.82, 2.24) is 30.2 Å². The number of halogens is 1. The Morgan fingerprint density at radius 2 is 1.44 bits per heavy atom. The van der Waals surface area contributed by atoms with Crippen LogP contribution >= 0.6 is 12.4 Å². The topological polar surface area (TPSA) is 124 Å². The maximum atomic E-state index is 13.5. The molecule has 0 spiro atoms. The Bertz CT molecular complexity index is 1960. The first-order valence-corrected chi connectivity index (χ1v) is 19.5. The number of pyridine rings is 4. The molecule has 2 N–H and O–H groups in total. The minimum absolute atomic E-state index is 0. The van der Waals surface area contributed by atoms with Crippen molar-refractivity contribution in [1.29, 1.82) is 0 Å². The van der Waals surface area contributed by atoms with Crippen LogP contribution in [0.15, 0.2) is 60.9 Å². The highest BCUT2D eigenvalue weighted by molar-refractivity contribution is 5.97. The number of hydrogen-bond donors (Lipinski definition) is 2. The van der Waals surface area contributed by atoms with E-state index in [1.807, 2.05) is 61.0 Å². The summed E-state index contributed by atoms with van der Waals surface area (Å²) in [4.78, 5) is 40.4.